The third kappa shape index (κ3) is 4.27. The van der Waals surface area contributed by atoms with Gasteiger partial charge in [0.1, 0.15) is 0 Å². The van der Waals surface area contributed by atoms with Gasteiger partial charge in [-0.1, -0.05) is 88.4 Å². The summed E-state index contributed by atoms with van der Waals surface area (Å²) >= 11 is 0. The second-order valence-electron chi connectivity index (χ2n) is 15.1. The lowest BCUT2D eigenvalue weighted by Crippen LogP contribution is -2.64. The summed E-state index contributed by atoms with van der Waals surface area (Å²) in [6.45, 7) is 18.9. The first-order valence-electron chi connectivity index (χ1n) is 17.0. The Morgan fingerprint density at radius 1 is 0.568 bits per heavy atom. The number of hydrogen-bond acceptors (Lipinski definition) is 4. The van der Waals surface area contributed by atoms with Gasteiger partial charge in [0.2, 0.25) is 0 Å². The highest BCUT2D eigenvalue weighted by Gasteiger charge is 2.46. The molecule has 0 aromatic heterocycles. The molecular formula is C38H46B2N2O2-2. The fourth-order valence-corrected chi connectivity index (χ4v) is 9.09. The van der Waals surface area contributed by atoms with Gasteiger partial charge in [0, 0.05) is 34.2 Å². The predicted octanol–water partition coefficient (Wildman–Crippen LogP) is 6.76. The lowest BCUT2D eigenvalue weighted by atomic mass is 9.44. The van der Waals surface area contributed by atoms with E-state index in [2.05, 4.69) is 126 Å². The van der Waals surface area contributed by atoms with Gasteiger partial charge in [-0.15, -0.1) is 12.2 Å². The topological polar surface area (TPSA) is 52.6 Å². The highest BCUT2D eigenvalue weighted by Crippen LogP contribution is 2.55. The van der Waals surface area contributed by atoms with Gasteiger partial charge in [-0.3, -0.25) is 0 Å². The number of anilines is 2. The smallest absolute Gasteiger partial charge is 0.261 e. The van der Waals surface area contributed by atoms with Crippen LogP contribution in [0.15, 0.2) is 60.7 Å². The number of nitrogens with zero attached hydrogens (tertiary/aromatic N) is 2. The second-order valence-corrected chi connectivity index (χ2v) is 15.1. The highest BCUT2D eigenvalue weighted by atomic mass is 16.3. The Morgan fingerprint density at radius 2 is 0.955 bits per heavy atom. The lowest BCUT2D eigenvalue weighted by Gasteiger charge is -2.63. The fraction of sp³-hybridized carbons (Fsp3) is 0.474. The van der Waals surface area contributed by atoms with E-state index >= 15 is 0 Å². The molecule has 2 aliphatic heterocycles. The van der Waals surface area contributed by atoms with Gasteiger partial charge in [-0.2, -0.15) is 0 Å². The molecule has 1 fully saturated rings. The molecule has 1 saturated carbocycles. The van der Waals surface area contributed by atoms with Crippen molar-refractivity contribution in [3.05, 3.63) is 82.9 Å². The molecule has 0 saturated heterocycles. The maximum Gasteiger partial charge on any atom is 0.261 e. The van der Waals surface area contributed by atoms with Crippen molar-refractivity contribution in [3.8, 4) is 0 Å². The molecule has 0 bridgehead atoms. The van der Waals surface area contributed by atoms with E-state index in [1.807, 2.05) is 0 Å². The standard InChI is InChI=1S/C38H46B2N2O2/c1-21(2)39-19-27-13-9-11-25-15-17-29(35(31(25)27)41(39)23(5)6)33-37(43)34(38(33)44)30-18-16-26-12-10-14-28-20-40(22(3)4)42(24(7)8)36(30)32(26)28/h9-18,21-24,33-34,37-38H,19-20H2,1-8H3/q-2. The molecule has 3 aliphatic rings. The monoisotopic (exact) mass is 584 g/mol. The summed E-state index contributed by atoms with van der Waals surface area (Å²) < 4.78 is 0. The largest absolute Gasteiger partial charge is 0.851 e. The Bertz CT molecular complexity index is 1600. The molecule has 0 spiro atoms. The summed E-state index contributed by atoms with van der Waals surface area (Å²) in [6.07, 6.45) is 0.00874. The van der Waals surface area contributed by atoms with Crippen molar-refractivity contribution in [1.29, 1.82) is 0 Å². The summed E-state index contributed by atoms with van der Waals surface area (Å²) in [5.41, 5.74) is 6.92. The molecule has 228 valence electrons. The van der Waals surface area contributed by atoms with E-state index in [1.165, 1.54) is 32.7 Å². The quantitative estimate of drug-likeness (QED) is 0.235. The average molecular weight is 584 g/mol. The van der Waals surface area contributed by atoms with Crippen LogP contribution in [0.5, 0.6) is 0 Å². The first kappa shape index (κ1) is 29.7. The fourth-order valence-electron chi connectivity index (χ4n) is 9.09. The molecule has 0 atom stereocenters. The van der Waals surface area contributed by atoms with Crippen molar-refractivity contribution in [2.45, 2.75) is 116 Å². The van der Waals surface area contributed by atoms with Crippen molar-refractivity contribution in [3.63, 3.8) is 0 Å². The van der Waals surface area contributed by atoms with Crippen LogP contribution in [0.2, 0.25) is 11.6 Å². The van der Waals surface area contributed by atoms with E-state index in [9.17, 15) is 10.2 Å². The van der Waals surface area contributed by atoms with E-state index in [0.29, 0.717) is 25.3 Å². The van der Waals surface area contributed by atoms with Crippen molar-refractivity contribution in [2.24, 2.45) is 0 Å². The van der Waals surface area contributed by atoms with E-state index < -0.39 is 24.0 Å². The van der Waals surface area contributed by atoms with Crippen LogP contribution in [0.25, 0.3) is 21.5 Å². The van der Waals surface area contributed by atoms with Crippen molar-refractivity contribution >= 4 is 46.6 Å². The lowest BCUT2D eigenvalue weighted by molar-refractivity contribution is -0.535. The Kier molecular flexibility index (Phi) is 7.33. The first-order valence-corrected chi connectivity index (χ1v) is 17.0. The number of benzene rings is 4. The number of rotatable bonds is 6. The highest BCUT2D eigenvalue weighted by molar-refractivity contribution is 6.66. The van der Waals surface area contributed by atoms with Gasteiger partial charge in [-0.25, -0.2) is 0 Å². The SMILES string of the molecule is CC(C)B1Cc2cccc3ccc(C4C([O-])C(c5ccc6cccc7c6c5N(C(C)C)B(C(C)C)C7)C4[O-])c(c23)N1C(C)C. The molecule has 44 heavy (non-hydrogen) atoms. The molecule has 4 aromatic carbocycles. The minimum Gasteiger partial charge on any atom is -0.851 e. The molecular weight excluding hydrogens is 538 g/mol. The summed E-state index contributed by atoms with van der Waals surface area (Å²) in [5.74, 6) is -0.223. The Balaban J connectivity index is 1.37. The van der Waals surface area contributed by atoms with Gasteiger partial charge >= 0.3 is 0 Å². The summed E-state index contributed by atoms with van der Waals surface area (Å²) in [5, 5.41) is 34.1. The molecule has 4 nitrogen and oxygen atoms in total. The maximum atomic E-state index is 14.6. The van der Waals surface area contributed by atoms with Gasteiger partial charge in [0.15, 0.2) is 0 Å². The molecule has 4 aromatic rings. The first-order chi connectivity index (χ1) is 21.0. The van der Waals surface area contributed by atoms with Crippen LogP contribution in [-0.4, -0.2) is 38.0 Å². The van der Waals surface area contributed by atoms with E-state index in [4.69, 9.17) is 0 Å². The van der Waals surface area contributed by atoms with Gasteiger partial charge in [-0.05, 0) is 96.8 Å². The van der Waals surface area contributed by atoms with E-state index in [-0.39, 0.29) is 12.1 Å². The van der Waals surface area contributed by atoms with Crippen LogP contribution >= 0.6 is 0 Å². The molecule has 0 unspecified atom stereocenters. The van der Waals surface area contributed by atoms with Crippen LogP contribution in [0.4, 0.5) is 11.4 Å². The van der Waals surface area contributed by atoms with Gasteiger partial charge in [0.25, 0.3) is 13.7 Å². The van der Waals surface area contributed by atoms with E-state index in [1.54, 1.807) is 0 Å². The average Bonchev–Trinajstić information content (AvgIpc) is 2.98. The summed E-state index contributed by atoms with van der Waals surface area (Å²) in [4.78, 5) is 5.09. The van der Waals surface area contributed by atoms with Gasteiger partial charge < -0.3 is 19.8 Å². The number of hydrogen-bond donors (Lipinski definition) is 0. The van der Waals surface area contributed by atoms with Crippen LogP contribution in [-0.2, 0) is 12.6 Å². The van der Waals surface area contributed by atoms with Crippen molar-refractivity contribution < 1.29 is 10.2 Å². The summed E-state index contributed by atoms with van der Waals surface area (Å²) in [6, 6.07) is 22.2. The third-order valence-corrected chi connectivity index (χ3v) is 11.1. The third-order valence-electron chi connectivity index (χ3n) is 11.1. The minimum absolute atomic E-state index is 0.266. The molecule has 7 rings (SSSR count). The van der Waals surface area contributed by atoms with Crippen molar-refractivity contribution in [2.75, 3.05) is 9.62 Å². The van der Waals surface area contributed by atoms with Crippen LogP contribution in [0.1, 0.15) is 89.5 Å². The molecule has 6 heteroatoms. The second kappa shape index (κ2) is 10.8. The Hall–Kier alpha value is -2.95. The van der Waals surface area contributed by atoms with Gasteiger partial charge in [0.05, 0.1) is 0 Å². The molecule has 2 heterocycles. The normalized spacial score (nSPS) is 23.2. The van der Waals surface area contributed by atoms with Crippen molar-refractivity contribution in [1.82, 2.24) is 0 Å². The van der Waals surface area contributed by atoms with E-state index in [0.717, 1.165) is 35.1 Å². The molecule has 1 aliphatic carbocycles. The Morgan fingerprint density at radius 3 is 1.30 bits per heavy atom. The molecule has 0 N–H and O–H groups in total. The zero-order valence-corrected chi connectivity index (χ0v) is 27.7. The van der Waals surface area contributed by atoms with Crippen LogP contribution < -0.4 is 19.8 Å². The minimum atomic E-state index is -0.985. The Labute approximate surface area is 264 Å². The van der Waals surface area contributed by atoms with Crippen LogP contribution in [0, 0.1) is 0 Å². The van der Waals surface area contributed by atoms with Crippen LogP contribution in [0.3, 0.4) is 0 Å². The molecule has 0 radical (unpaired) electrons. The zero-order chi connectivity index (χ0) is 31.2. The predicted molar refractivity (Wildman–Crippen MR) is 185 cm³/mol. The zero-order valence-electron chi connectivity index (χ0n) is 27.7. The molecule has 0 amide bonds. The summed E-state index contributed by atoms with van der Waals surface area (Å²) in [7, 11) is 0. The maximum absolute atomic E-state index is 14.6.